The van der Waals surface area contributed by atoms with E-state index in [-0.39, 0.29) is 16.9 Å². The van der Waals surface area contributed by atoms with Crippen molar-refractivity contribution >= 4 is 17.3 Å². The van der Waals surface area contributed by atoms with Gasteiger partial charge in [0.2, 0.25) is 0 Å². The quantitative estimate of drug-likeness (QED) is 0.849. The van der Waals surface area contributed by atoms with Crippen LogP contribution in [0, 0.1) is 5.82 Å². The highest BCUT2D eigenvalue weighted by Gasteiger charge is 2.16. The average molecular weight is 290 g/mol. The van der Waals surface area contributed by atoms with E-state index in [9.17, 15) is 9.18 Å². The Hall–Kier alpha value is -2.76. The number of hydrogen-bond donors (Lipinski definition) is 2. The van der Waals surface area contributed by atoms with Crippen molar-refractivity contribution < 1.29 is 18.7 Å². The molecule has 21 heavy (non-hydrogen) atoms. The predicted octanol–water partition coefficient (Wildman–Crippen LogP) is 2.68. The third-order valence-electron chi connectivity index (χ3n) is 2.83. The summed E-state index contributed by atoms with van der Waals surface area (Å²) in [5, 5.41) is 2.57. The van der Waals surface area contributed by atoms with E-state index < -0.39 is 11.7 Å². The van der Waals surface area contributed by atoms with Gasteiger partial charge in [-0.15, -0.1) is 0 Å². The number of carbonyl (C=O) groups is 1. The monoisotopic (exact) mass is 290 g/mol. The second kappa shape index (κ2) is 6.13. The van der Waals surface area contributed by atoms with Gasteiger partial charge in [0.25, 0.3) is 5.91 Å². The highest BCUT2D eigenvalue weighted by Crippen LogP contribution is 2.31. The van der Waals surface area contributed by atoms with E-state index >= 15 is 0 Å². The number of hydrogen-bond acceptors (Lipinski definition) is 4. The van der Waals surface area contributed by atoms with Crippen LogP contribution < -0.4 is 20.5 Å². The van der Waals surface area contributed by atoms with Crippen molar-refractivity contribution in [1.29, 1.82) is 0 Å². The molecule has 0 saturated carbocycles. The minimum absolute atomic E-state index is 0.225. The highest BCUT2D eigenvalue weighted by atomic mass is 19.1. The molecule has 5 nitrogen and oxygen atoms in total. The summed E-state index contributed by atoms with van der Waals surface area (Å²) in [5.74, 6) is -0.232. The SMILES string of the molecule is COc1cccc(C(=O)Nc2cc(N)cc(F)c2)c1OC. The molecule has 0 unspecified atom stereocenters. The molecular weight excluding hydrogens is 275 g/mol. The van der Waals surface area contributed by atoms with Crippen LogP contribution in [-0.4, -0.2) is 20.1 Å². The van der Waals surface area contributed by atoms with Crippen molar-refractivity contribution in [3.63, 3.8) is 0 Å². The molecule has 3 N–H and O–H groups in total. The molecule has 6 heteroatoms. The summed E-state index contributed by atoms with van der Waals surface area (Å²) < 4.78 is 23.6. The molecule has 2 aromatic rings. The number of carbonyl (C=O) groups excluding carboxylic acids is 1. The number of methoxy groups -OCH3 is 2. The van der Waals surface area contributed by atoms with Gasteiger partial charge in [-0.25, -0.2) is 4.39 Å². The molecule has 0 bridgehead atoms. The summed E-state index contributed by atoms with van der Waals surface area (Å²) in [6, 6.07) is 8.74. The zero-order chi connectivity index (χ0) is 15.4. The Bertz CT molecular complexity index is 654. The predicted molar refractivity (Wildman–Crippen MR) is 78.3 cm³/mol. The standard InChI is InChI=1S/C15H15FN2O3/c1-20-13-5-3-4-12(14(13)21-2)15(19)18-11-7-9(16)6-10(17)8-11/h3-8H,17H2,1-2H3,(H,18,19). The fourth-order valence-corrected chi connectivity index (χ4v) is 1.95. The summed E-state index contributed by atoms with van der Waals surface area (Å²) >= 11 is 0. The lowest BCUT2D eigenvalue weighted by atomic mass is 10.1. The van der Waals surface area contributed by atoms with E-state index in [1.54, 1.807) is 18.2 Å². The van der Waals surface area contributed by atoms with Crippen LogP contribution in [0.15, 0.2) is 36.4 Å². The third kappa shape index (κ3) is 3.22. The van der Waals surface area contributed by atoms with Crippen LogP contribution >= 0.6 is 0 Å². The molecule has 0 aliphatic heterocycles. The Morgan fingerprint density at radius 1 is 1.19 bits per heavy atom. The van der Waals surface area contributed by atoms with Crippen molar-refractivity contribution in [3.8, 4) is 11.5 Å². The number of nitrogen functional groups attached to an aromatic ring is 1. The van der Waals surface area contributed by atoms with E-state index in [2.05, 4.69) is 5.32 Å². The topological polar surface area (TPSA) is 73.6 Å². The number of rotatable bonds is 4. The van der Waals surface area contributed by atoms with Crippen molar-refractivity contribution in [2.24, 2.45) is 0 Å². The van der Waals surface area contributed by atoms with Crippen LogP contribution in [-0.2, 0) is 0 Å². The van der Waals surface area contributed by atoms with Crippen LogP contribution in [0.1, 0.15) is 10.4 Å². The molecule has 0 spiro atoms. The maximum Gasteiger partial charge on any atom is 0.259 e. The van der Waals surface area contributed by atoms with E-state index in [1.807, 2.05) is 0 Å². The summed E-state index contributed by atoms with van der Waals surface area (Å²) in [7, 11) is 2.92. The number of halogens is 1. The van der Waals surface area contributed by atoms with Crippen LogP contribution in [0.25, 0.3) is 0 Å². The number of benzene rings is 2. The van der Waals surface area contributed by atoms with Gasteiger partial charge in [-0.3, -0.25) is 4.79 Å². The zero-order valence-electron chi connectivity index (χ0n) is 11.6. The van der Waals surface area contributed by atoms with Crippen molar-refractivity contribution in [2.45, 2.75) is 0 Å². The normalized spacial score (nSPS) is 10.0. The van der Waals surface area contributed by atoms with E-state index in [0.717, 1.165) is 0 Å². The second-order valence-corrected chi connectivity index (χ2v) is 4.27. The number of nitrogens with two attached hydrogens (primary N) is 1. The molecule has 110 valence electrons. The van der Waals surface area contributed by atoms with Gasteiger partial charge < -0.3 is 20.5 Å². The molecule has 0 aromatic heterocycles. The number of ether oxygens (including phenoxy) is 2. The third-order valence-corrected chi connectivity index (χ3v) is 2.83. The Kier molecular flexibility index (Phi) is 4.27. The number of nitrogens with one attached hydrogen (secondary N) is 1. The van der Waals surface area contributed by atoms with E-state index in [4.69, 9.17) is 15.2 Å². The molecule has 0 heterocycles. The number of amides is 1. The summed E-state index contributed by atoms with van der Waals surface area (Å²) in [4.78, 5) is 12.3. The first-order valence-electron chi connectivity index (χ1n) is 6.13. The Morgan fingerprint density at radius 3 is 2.57 bits per heavy atom. The van der Waals surface area contributed by atoms with Gasteiger partial charge in [-0.2, -0.15) is 0 Å². The highest BCUT2D eigenvalue weighted by molar-refractivity contribution is 6.06. The van der Waals surface area contributed by atoms with Gasteiger partial charge in [0.1, 0.15) is 5.82 Å². The maximum absolute atomic E-state index is 13.3. The van der Waals surface area contributed by atoms with E-state index in [1.165, 1.54) is 32.4 Å². The smallest absolute Gasteiger partial charge is 0.259 e. The average Bonchev–Trinajstić information content (AvgIpc) is 2.45. The molecule has 0 radical (unpaired) electrons. The van der Waals surface area contributed by atoms with Crippen LogP contribution in [0.2, 0.25) is 0 Å². The first-order chi connectivity index (χ1) is 10.0. The second-order valence-electron chi connectivity index (χ2n) is 4.27. The van der Waals surface area contributed by atoms with Crippen molar-refractivity contribution in [2.75, 3.05) is 25.3 Å². The lowest BCUT2D eigenvalue weighted by Crippen LogP contribution is -2.14. The van der Waals surface area contributed by atoms with Crippen molar-refractivity contribution in [1.82, 2.24) is 0 Å². The van der Waals surface area contributed by atoms with Crippen molar-refractivity contribution in [3.05, 3.63) is 47.8 Å². The molecule has 0 aliphatic carbocycles. The van der Waals surface area contributed by atoms with Gasteiger partial charge >= 0.3 is 0 Å². The zero-order valence-corrected chi connectivity index (χ0v) is 11.6. The molecule has 2 aromatic carbocycles. The van der Waals surface area contributed by atoms with Gasteiger partial charge in [0, 0.05) is 11.4 Å². The summed E-state index contributed by atoms with van der Waals surface area (Å²) in [6.45, 7) is 0. The van der Waals surface area contributed by atoms with Crippen LogP contribution in [0.3, 0.4) is 0 Å². The first-order valence-corrected chi connectivity index (χ1v) is 6.13. The maximum atomic E-state index is 13.3. The van der Waals surface area contributed by atoms with Gasteiger partial charge in [0.15, 0.2) is 11.5 Å². The molecule has 0 atom stereocenters. The molecule has 1 amide bonds. The number of para-hydroxylation sites is 1. The molecule has 0 saturated heterocycles. The number of anilines is 2. The molecule has 0 fully saturated rings. The minimum atomic E-state index is -0.525. The first kappa shape index (κ1) is 14.6. The van der Waals surface area contributed by atoms with Gasteiger partial charge in [-0.1, -0.05) is 6.07 Å². The fraction of sp³-hybridized carbons (Fsp3) is 0.133. The molecule has 0 aliphatic rings. The van der Waals surface area contributed by atoms with Gasteiger partial charge in [-0.05, 0) is 30.3 Å². The molecule has 2 rings (SSSR count). The Morgan fingerprint density at radius 2 is 1.95 bits per heavy atom. The summed E-state index contributed by atoms with van der Waals surface area (Å²) in [6.07, 6.45) is 0. The Balaban J connectivity index is 2.32. The fourth-order valence-electron chi connectivity index (χ4n) is 1.95. The molecular formula is C15H15FN2O3. The van der Waals surface area contributed by atoms with Crippen LogP contribution in [0.4, 0.5) is 15.8 Å². The van der Waals surface area contributed by atoms with E-state index in [0.29, 0.717) is 11.5 Å². The lowest BCUT2D eigenvalue weighted by molar-refractivity contribution is 0.102. The van der Waals surface area contributed by atoms with Gasteiger partial charge in [0.05, 0.1) is 19.8 Å². The summed E-state index contributed by atoms with van der Waals surface area (Å²) in [5.41, 5.74) is 6.31. The largest absolute Gasteiger partial charge is 0.493 e. The van der Waals surface area contributed by atoms with Crippen LogP contribution in [0.5, 0.6) is 11.5 Å². The lowest BCUT2D eigenvalue weighted by Gasteiger charge is -2.12. The minimum Gasteiger partial charge on any atom is -0.493 e. The Labute approximate surface area is 121 Å².